The van der Waals surface area contributed by atoms with Gasteiger partial charge in [0.2, 0.25) is 17.7 Å². The smallest absolute Gasteiger partial charge is 0.253 e. The fourth-order valence-electron chi connectivity index (χ4n) is 3.51. The number of hydrogen-bond acceptors (Lipinski definition) is 4. The zero-order chi connectivity index (χ0) is 19.4. The first-order chi connectivity index (χ1) is 13.0. The number of rotatable bonds is 3. The Morgan fingerprint density at radius 1 is 1.15 bits per heavy atom. The molecule has 144 valence electrons. The Balaban J connectivity index is 1.73. The van der Waals surface area contributed by atoms with Crippen molar-refractivity contribution in [2.24, 2.45) is 0 Å². The van der Waals surface area contributed by atoms with Gasteiger partial charge < -0.3 is 20.4 Å². The van der Waals surface area contributed by atoms with E-state index in [0.717, 1.165) is 6.42 Å². The van der Waals surface area contributed by atoms with Gasteiger partial charge in [-0.15, -0.1) is 0 Å². The minimum absolute atomic E-state index is 0.105. The summed E-state index contributed by atoms with van der Waals surface area (Å²) in [4.78, 5) is 52.5. The third kappa shape index (κ3) is 4.27. The van der Waals surface area contributed by atoms with Gasteiger partial charge in [-0.3, -0.25) is 19.2 Å². The molecule has 2 heterocycles. The topological polar surface area (TPSA) is 98.8 Å². The van der Waals surface area contributed by atoms with Crippen molar-refractivity contribution in [1.82, 2.24) is 20.4 Å². The Hall–Kier alpha value is -2.90. The summed E-state index contributed by atoms with van der Waals surface area (Å²) in [5.74, 6) is -1.02. The Bertz CT molecular complexity index is 736. The molecule has 4 amide bonds. The molecule has 1 aromatic carbocycles. The van der Waals surface area contributed by atoms with Crippen LogP contribution in [0.15, 0.2) is 30.3 Å². The molecule has 2 aliphatic heterocycles. The van der Waals surface area contributed by atoms with Crippen molar-refractivity contribution in [3.8, 4) is 0 Å². The van der Waals surface area contributed by atoms with E-state index >= 15 is 0 Å². The van der Waals surface area contributed by atoms with Crippen molar-refractivity contribution in [3.05, 3.63) is 35.9 Å². The highest BCUT2D eigenvalue weighted by molar-refractivity contribution is 5.96. The largest absolute Gasteiger partial charge is 0.354 e. The Kier molecular flexibility index (Phi) is 5.73. The monoisotopic (exact) mass is 372 g/mol. The predicted octanol–water partition coefficient (Wildman–Crippen LogP) is -0.246. The Morgan fingerprint density at radius 3 is 2.56 bits per heavy atom. The first-order valence-electron chi connectivity index (χ1n) is 9.17. The van der Waals surface area contributed by atoms with Gasteiger partial charge in [0, 0.05) is 32.1 Å². The second kappa shape index (κ2) is 8.20. The zero-order valence-corrected chi connectivity index (χ0v) is 15.3. The first-order valence-corrected chi connectivity index (χ1v) is 9.17. The van der Waals surface area contributed by atoms with Crippen LogP contribution in [0.25, 0.3) is 0 Å². The van der Waals surface area contributed by atoms with E-state index < -0.39 is 18.0 Å². The standard InChI is InChI=1S/C19H24N4O4/c1-13(24)23-11-10-22(19(27)14-6-3-2-4-7-14)12-16(23)18(26)21-15-8-5-9-20-17(15)25/h2-4,6-7,15-16H,5,8-12H2,1H3,(H,20,25)(H,21,26)/t15-,16+/m1/s1. The van der Waals surface area contributed by atoms with E-state index in [1.54, 1.807) is 29.2 Å². The molecule has 2 N–H and O–H groups in total. The molecule has 0 bridgehead atoms. The van der Waals surface area contributed by atoms with E-state index in [9.17, 15) is 19.2 Å². The maximum absolute atomic E-state index is 12.8. The molecule has 0 spiro atoms. The van der Waals surface area contributed by atoms with Crippen LogP contribution in [0.2, 0.25) is 0 Å². The minimum Gasteiger partial charge on any atom is -0.354 e. The molecule has 8 nitrogen and oxygen atoms in total. The van der Waals surface area contributed by atoms with Crippen molar-refractivity contribution in [2.45, 2.75) is 31.8 Å². The van der Waals surface area contributed by atoms with Gasteiger partial charge in [0.15, 0.2) is 0 Å². The quantitative estimate of drug-likeness (QED) is 0.765. The average Bonchev–Trinajstić information content (AvgIpc) is 2.69. The number of benzene rings is 1. The fourth-order valence-corrected chi connectivity index (χ4v) is 3.51. The molecular formula is C19H24N4O4. The molecule has 2 fully saturated rings. The number of piperazine rings is 1. The van der Waals surface area contributed by atoms with Gasteiger partial charge in [0.05, 0.1) is 6.54 Å². The summed E-state index contributed by atoms with van der Waals surface area (Å²) in [6.45, 7) is 2.76. The molecular weight excluding hydrogens is 348 g/mol. The molecule has 27 heavy (non-hydrogen) atoms. The van der Waals surface area contributed by atoms with Crippen LogP contribution in [-0.4, -0.2) is 71.7 Å². The summed E-state index contributed by atoms with van der Waals surface area (Å²) >= 11 is 0. The number of amides is 4. The van der Waals surface area contributed by atoms with E-state index in [2.05, 4.69) is 10.6 Å². The van der Waals surface area contributed by atoms with E-state index in [1.165, 1.54) is 11.8 Å². The third-order valence-corrected chi connectivity index (χ3v) is 5.00. The summed E-state index contributed by atoms with van der Waals surface area (Å²) in [6, 6.07) is 7.44. The molecule has 2 saturated heterocycles. The minimum atomic E-state index is -0.807. The number of carbonyl (C=O) groups excluding carboxylic acids is 4. The van der Waals surface area contributed by atoms with E-state index in [-0.39, 0.29) is 30.8 Å². The van der Waals surface area contributed by atoms with Gasteiger partial charge in [0.1, 0.15) is 12.1 Å². The number of carbonyl (C=O) groups is 4. The zero-order valence-electron chi connectivity index (χ0n) is 15.3. The van der Waals surface area contributed by atoms with Crippen LogP contribution < -0.4 is 10.6 Å². The van der Waals surface area contributed by atoms with Crippen molar-refractivity contribution >= 4 is 23.6 Å². The van der Waals surface area contributed by atoms with E-state index in [4.69, 9.17) is 0 Å². The van der Waals surface area contributed by atoms with Gasteiger partial charge >= 0.3 is 0 Å². The molecule has 0 aliphatic carbocycles. The van der Waals surface area contributed by atoms with Crippen molar-refractivity contribution < 1.29 is 19.2 Å². The fraction of sp³-hybridized carbons (Fsp3) is 0.474. The number of piperidine rings is 1. The SMILES string of the molecule is CC(=O)N1CCN(C(=O)c2ccccc2)C[C@H]1C(=O)N[C@@H]1CCCNC1=O. The molecule has 2 aliphatic rings. The lowest BCUT2D eigenvalue weighted by Gasteiger charge is -2.40. The van der Waals surface area contributed by atoms with Gasteiger partial charge in [-0.2, -0.15) is 0 Å². The summed E-state index contributed by atoms with van der Waals surface area (Å²) in [5, 5.41) is 5.46. The van der Waals surface area contributed by atoms with Crippen LogP contribution in [0.1, 0.15) is 30.1 Å². The lowest BCUT2D eigenvalue weighted by atomic mass is 10.0. The lowest BCUT2D eigenvalue weighted by Crippen LogP contribution is -2.63. The van der Waals surface area contributed by atoms with Crippen molar-refractivity contribution in [2.75, 3.05) is 26.2 Å². The lowest BCUT2D eigenvalue weighted by molar-refractivity contribution is -0.143. The van der Waals surface area contributed by atoms with Gasteiger partial charge in [0.25, 0.3) is 5.91 Å². The first kappa shape index (κ1) is 18.9. The van der Waals surface area contributed by atoms with Gasteiger partial charge in [-0.05, 0) is 25.0 Å². The molecule has 2 atom stereocenters. The normalized spacial score (nSPS) is 22.8. The number of nitrogens with zero attached hydrogens (tertiary/aromatic N) is 2. The number of nitrogens with one attached hydrogen (secondary N) is 2. The average molecular weight is 372 g/mol. The second-order valence-electron chi connectivity index (χ2n) is 6.84. The maximum atomic E-state index is 12.8. The van der Waals surface area contributed by atoms with Crippen LogP contribution in [0.5, 0.6) is 0 Å². The molecule has 0 unspecified atom stereocenters. The Labute approximate surface area is 157 Å². The third-order valence-electron chi connectivity index (χ3n) is 5.00. The van der Waals surface area contributed by atoms with Crippen LogP contribution in [0.3, 0.4) is 0 Å². The van der Waals surface area contributed by atoms with Crippen LogP contribution in [-0.2, 0) is 14.4 Å². The van der Waals surface area contributed by atoms with Crippen molar-refractivity contribution in [1.29, 1.82) is 0 Å². The maximum Gasteiger partial charge on any atom is 0.253 e. The highest BCUT2D eigenvalue weighted by atomic mass is 16.2. The summed E-state index contributed by atoms with van der Waals surface area (Å²) < 4.78 is 0. The van der Waals surface area contributed by atoms with Crippen LogP contribution in [0, 0.1) is 0 Å². The molecule has 3 rings (SSSR count). The van der Waals surface area contributed by atoms with Gasteiger partial charge in [-0.25, -0.2) is 0 Å². The summed E-state index contributed by atoms with van der Waals surface area (Å²) in [5.41, 5.74) is 0.541. The Morgan fingerprint density at radius 2 is 1.89 bits per heavy atom. The summed E-state index contributed by atoms with van der Waals surface area (Å²) in [6.07, 6.45) is 1.35. The highest BCUT2D eigenvalue weighted by Gasteiger charge is 2.37. The number of hydrogen-bond donors (Lipinski definition) is 2. The van der Waals surface area contributed by atoms with Gasteiger partial charge in [-0.1, -0.05) is 18.2 Å². The summed E-state index contributed by atoms with van der Waals surface area (Å²) in [7, 11) is 0. The van der Waals surface area contributed by atoms with E-state index in [0.29, 0.717) is 25.1 Å². The molecule has 1 aromatic rings. The molecule has 0 aromatic heterocycles. The predicted molar refractivity (Wildman–Crippen MR) is 97.7 cm³/mol. The molecule has 0 saturated carbocycles. The van der Waals surface area contributed by atoms with Crippen molar-refractivity contribution in [3.63, 3.8) is 0 Å². The molecule has 8 heteroatoms. The second-order valence-corrected chi connectivity index (χ2v) is 6.84. The highest BCUT2D eigenvalue weighted by Crippen LogP contribution is 2.15. The van der Waals surface area contributed by atoms with Crippen LogP contribution in [0.4, 0.5) is 0 Å². The molecule has 0 radical (unpaired) electrons. The van der Waals surface area contributed by atoms with E-state index in [1.807, 2.05) is 6.07 Å². The van der Waals surface area contributed by atoms with Crippen LogP contribution >= 0.6 is 0 Å².